The summed E-state index contributed by atoms with van der Waals surface area (Å²) in [6.07, 6.45) is 2.47. The first kappa shape index (κ1) is 25.7. The van der Waals surface area contributed by atoms with Crippen LogP contribution < -0.4 is 10.5 Å². The van der Waals surface area contributed by atoms with Gasteiger partial charge in [0.25, 0.3) is 5.91 Å². The summed E-state index contributed by atoms with van der Waals surface area (Å²) >= 11 is 0. The number of aromatic nitrogens is 4. The van der Waals surface area contributed by atoms with Gasteiger partial charge in [0.05, 0.1) is 11.4 Å². The van der Waals surface area contributed by atoms with Crippen molar-refractivity contribution in [2.45, 2.75) is 18.9 Å². The second kappa shape index (κ2) is 10.1. The van der Waals surface area contributed by atoms with Crippen LogP contribution in [0.5, 0.6) is 11.5 Å². The number of benzene rings is 2. The van der Waals surface area contributed by atoms with Crippen LogP contribution in [0.4, 0.5) is 23.4 Å². The Morgan fingerprint density at radius 3 is 2.69 bits per heavy atom. The second-order valence-corrected chi connectivity index (χ2v) is 8.83. The third-order valence-electron chi connectivity index (χ3n) is 6.32. The zero-order valence-electron chi connectivity index (χ0n) is 20.2. The SMILES string of the molecule is C=C(C#N)C(=O)N1CCCC(n2nc(-c3ccc(Oc4cc(F)cc(F)c4F)cc3F)c3c(N)ncnc32)C1. The Hall–Kier alpha value is -4.99. The number of ether oxygens (including phenoxy) is 1. The van der Waals surface area contributed by atoms with Gasteiger partial charge in [0.2, 0.25) is 5.82 Å². The molecule has 198 valence electrons. The molecule has 0 saturated carbocycles. The molecule has 2 aromatic carbocycles. The highest BCUT2D eigenvalue weighted by molar-refractivity contribution is 5.98. The van der Waals surface area contributed by atoms with Crippen molar-refractivity contribution < 1.29 is 27.1 Å². The lowest BCUT2D eigenvalue weighted by atomic mass is 10.0. The van der Waals surface area contributed by atoms with E-state index in [0.29, 0.717) is 37.2 Å². The lowest BCUT2D eigenvalue weighted by Gasteiger charge is -2.32. The van der Waals surface area contributed by atoms with Crippen molar-refractivity contribution in [3.8, 4) is 28.8 Å². The van der Waals surface area contributed by atoms with Crippen molar-refractivity contribution in [2.75, 3.05) is 18.8 Å². The highest BCUT2D eigenvalue weighted by atomic mass is 19.2. The van der Waals surface area contributed by atoms with Crippen LogP contribution in [-0.2, 0) is 4.79 Å². The molecule has 1 amide bonds. The maximum atomic E-state index is 15.4. The summed E-state index contributed by atoms with van der Waals surface area (Å²) in [7, 11) is 0. The van der Waals surface area contributed by atoms with Crippen LogP contribution in [-0.4, -0.2) is 43.6 Å². The molecule has 3 heterocycles. The Balaban J connectivity index is 1.52. The lowest BCUT2D eigenvalue weighted by Crippen LogP contribution is -2.41. The quantitative estimate of drug-likeness (QED) is 0.170. The normalized spacial score (nSPS) is 15.3. The standard InChI is InChI=1S/C26H19F4N7O2/c1-13(10-31)26(38)36-6-2-3-15(11-36)37-25-21(24(32)33-12-34-25)23(35-37)17-5-4-16(9-18(17)28)39-20-8-14(27)7-19(29)22(20)30/h4-5,7-9,12,15H,1-3,6,11H2,(H2,32,33,34). The molecule has 4 aromatic rings. The number of carbonyl (C=O) groups is 1. The van der Waals surface area contributed by atoms with Gasteiger partial charge in [0.15, 0.2) is 17.2 Å². The minimum atomic E-state index is -1.45. The Morgan fingerprint density at radius 2 is 1.95 bits per heavy atom. The first-order valence-corrected chi connectivity index (χ1v) is 11.7. The fourth-order valence-electron chi connectivity index (χ4n) is 4.50. The van der Waals surface area contributed by atoms with E-state index in [2.05, 4.69) is 21.6 Å². The number of hydrogen-bond donors (Lipinski definition) is 1. The van der Waals surface area contributed by atoms with Crippen molar-refractivity contribution in [3.63, 3.8) is 0 Å². The van der Waals surface area contributed by atoms with Crippen LogP contribution in [0.2, 0.25) is 0 Å². The van der Waals surface area contributed by atoms with Gasteiger partial charge in [-0.15, -0.1) is 0 Å². The zero-order valence-corrected chi connectivity index (χ0v) is 20.2. The highest BCUT2D eigenvalue weighted by Gasteiger charge is 2.30. The fraction of sp³-hybridized carbons (Fsp3) is 0.192. The lowest BCUT2D eigenvalue weighted by molar-refractivity contribution is -0.128. The maximum absolute atomic E-state index is 15.4. The Kier molecular flexibility index (Phi) is 6.61. The Labute approximate surface area is 218 Å². The van der Waals surface area contributed by atoms with E-state index in [1.54, 1.807) is 10.8 Å². The number of nitrogens with zero attached hydrogens (tertiary/aromatic N) is 6. The first-order valence-electron chi connectivity index (χ1n) is 11.7. The molecule has 39 heavy (non-hydrogen) atoms. The van der Waals surface area contributed by atoms with Gasteiger partial charge in [-0.3, -0.25) is 4.79 Å². The molecule has 0 aliphatic carbocycles. The van der Waals surface area contributed by atoms with Crippen molar-refractivity contribution in [1.82, 2.24) is 24.6 Å². The molecular weight excluding hydrogens is 518 g/mol. The third-order valence-corrected chi connectivity index (χ3v) is 6.32. The average molecular weight is 537 g/mol. The minimum Gasteiger partial charge on any atom is -0.454 e. The molecule has 1 saturated heterocycles. The largest absolute Gasteiger partial charge is 0.454 e. The van der Waals surface area contributed by atoms with Crippen LogP contribution in [0.15, 0.2) is 48.8 Å². The van der Waals surface area contributed by atoms with E-state index in [1.165, 1.54) is 23.4 Å². The molecule has 2 aromatic heterocycles. The number of likely N-dealkylation sites (tertiary alicyclic amines) is 1. The molecule has 5 rings (SSSR count). The summed E-state index contributed by atoms with van der Waals surface area (Å²) in [5.74, 6) is -6.18. The summed E-state index contributed by atoms with van der Waals surface area (Å²) in [5, 5.41) is 13.9. The van der Waals surface area contributed by atoms with Crippen LogP contribution in [0.1, 0.15) is 18.9 Å². The number of halogens is 4. The molecule has 13 heteroatoms. The van der Waals surface area contributed by atoms with Crippen molar-refractivity contribution in [1.29, 1.82) is 5.26 Å². The number of nitrogens with two attached hydrogens (primary N) is 1. The molecule has 2 N–H and O–H groups in total. The van der Waals surface area contributed by atoms with E-state index in [0.717, 1.165) is 6.07 Å². The predicted molar refractivity (Wildman–Crippen MR) is 131 cm³/mol. The molecule has 1 aliphatic rings. The van der Waals surface area contributed by atoms with Gasteiger partial charge in [-0.2, -0.15) is 14.8 Å². The van der Waals surface area contributed by atoms with Crippen molar-refractivity contribution in [3.05, 3.63) is 72.1 Å². The maximum Gasteiger partial charge on any atom is 0.263 e. The van der Waals surface area contributed by atoms with Crippen LogP contribution in [0.25, 0.3) is 22.3 Å². The van der Waals surface area contributed by atoms with E-state index in [1.807, 2.05) is 0 Å². The molecule has 1 unspecified atom stereocenters. The second-order valence-electron chi connectivity index (χ2n) is 8.83. The van der Waals surface area contributed by atoms with Gasteiger partial charge in [-0.1, -0.05) is 6.58 Å². The summed E-state index contributed by atoms with van der Waals surface area (Å²) in [6, 6.07) is 5.88. The zero-order chi connectivity index (χ0) is 27.8. The van der Waals surface area contributed by atoms with Gasteiger partial charge in [0, 0.05) is 36.9 Å². The molecule has 9 nitrogen and oxygen atoms in total. The number of nitrogen functional groups attached to an aromatic ring is 1. The first-order chi connectivity index (χ1) is 18.7. The van der Waals surface area contributed by atoms with Gasteiger partial charge < -0.3 is 15.4 Å². The molecular formula is C26H19F4N7O2. The van der Waals surface area contributed by atoms with Gasteiger partial charge in [-0.05, 0) is 25.0 Å². The highest BCUT2D eigenvalue weighted by Crippen LogP contribution is 2.37. The number of amides is 1. The molecule has 1 aliphatic heterocycles. The summed E-state index contributed by atoms with van der Waals surface area (Å²) in [6.45, 7) is 4.13. The number of piperidine rings is 1. The van der Waals surface area contributed by atoms with E-state index in [-0.39, 0.29) is 46.4 Å². The molecule has 0 spiro atoms. The topological polar surface area (TPSA) is 123 Å². The van der Waals surface area contributed by atoms with Gasteiger partial charge in [-0.25, -0.2) is 27.8 Å². The molecule has 0 radical (unpaired) electrons. The predicted octanol–water partition coefficient (Wildman–Crippen LogP) is 4.67. The van der Waals surface area contributed by atoms with E-state index >= 15 is 4.39 Å². The van der Waals surface area contributed by atoms with Crippen molar-refractivity contribution >= 4 is 22.8 Å². The van der Waals surface area contributed by atoms with Crippen LogP contribution in [0.3, 0.4) is 0 Å². The van der Waals surface area contributed by atoms with E-state index < -0.39 is 34.9 Å². The number of hydrogen-bond acceptors (Lipinski definition) is 7. The summed E-state index contributed by atoms with van der Waals surface area (Å²) < 4.78 is 63.1. The number of anilines is 1. The Bertz CT molecular complexity index is 1680. The minimum absolute atomic E-state index is 0.0138. The van der Waals surface area contributed by atoms with E-state index in [4.69, 9.17) is 15.7 Å². The number of nitriles is 1. The monoisotopic (exact) mass is 537 g/mol. The average Bonchev–Trinajstić information content (AvgIpc) is 3.31. The molecule has 1 fully saturated rings. The van der Waals surface area contributed by atoms with Crippen LogP contribution in [0, 0.1) is 34.6 Å². The Morgan fingerprint density at radius 1 is 1.15 bits per heavy atom. The third kappa shape index (κ3) is 4.72. The number of carbonyl (C=O) groups excluding carboxylic acids is 1. The summed E-state index contributed by atoms with van der Waals surface area (Å²) in [4.78, 5) is 22.3. The number of rotatable bonds is 5. The van der Waals surface area contributed by atoms with Crippen molar-refractivity contribution in [2.24, 2.45) is 0 Å². The van der Waals surface area contributed by atoms with E-state index in [9.17, 15) is 18.0 Å². The summed E-state index contributed by atoms with van der Waals surface area (Å²) in [5.41, 5.74) is 6.35. The van der Waals surface area contributed by atoms with Gasteiger partial charge >= 0.3 is 0 Å². The fourth-order valence-corrected chi connectivity index (χ4v) is 4.50. The van der Waals surface area contributed by atoms with Crippen LogP contribution >= 0.6 is 0 Å². The van der Waals surface area contributed by atoms with Gasteiger partial charge in [0.1, 0.15) is 46.9 Å². The molecule has 1 atom stereocenters. The smallest absolute Gasteiger partial charge is 0.263 e. The number of fused-ring (bicyclic) bond motifs is 1. The molecule has 0 bridgehead atoms.